The zero-order valence-corrected chi connectivity index (χ0v) is 22.3. The van der Waals surface area contributed by atoms with Gasteiger partial charge in [0.15, 0.2) is 6.29 Å². The van der Waals surface area contributed by atoms with Crippen LogP contribution in [0.3, 0.4) is 0 Å². The van der Waals surface area contributed by atoms with Crippen LogP contribution in [0.2, 0.25) is 20.1 Å². The first-order valence-electron chi connectivity index (χ1n) is 11.1. The van der Waals surface area contributed by atoms with Crippen LogP contribution in [-0.4, -0.2) is 72.4 Å². The van der Waals surface area contributed by atoms with E-state index in [-0.39, 0.29) is 6.10 Å². The molecule has 0 bridgehead atoms. The molecule has 5 N–H and O–H groups in total. The summed E-state index contributed by atoms with van der Waals surface area (Å²) >= 11 is 24.5. The monoisotopic (exact) mass is 594 g/mol. The quantitative estimate of drug-likeness (QED) is 0.281. The van der Waals surface area contributed by atoms with Crippen molar-refractivity contribution in [2.75, 3.05) is 6.61 Å². The van der Waals surface area contributed by atoms with E-state index in [9.17, 15) is 0 Å². The molecule has 3 aromatic rings. The number of hydrogen-bond acceptors (Lipinski definition) is 8. The predicted molar refractivity (Wildman–Crippen MR) is 139 cm³/mol. The number of aromatic nitrogens is 2. The molecule has 0 radical (unpaired) electrons. The number of hydrogen-bond donors (Lipinski definition) is 5. The first kappa shape index (κ1) is 30.1. The van der Waals surface area contributed by atoms with Crippen molar-refractivity contribution < 1.29 is 35.0 Å². The van der Waals surface area contributed by atoms with Gasteiger partial charge in [-0.25, -0.2) is 4.98 Å². The molecule has 9 nitrogen and oxygen atoms in total. The highest BCUT2D eigenvalue weighted by Gasteiger charge is 2.42. The summed E-state index contributed by atoms with van der Waals surface area (Å²) in [6, 6.07) is 10.7. The van der Waals surface area contributed by atoms with E-state index in [0.717, 1.165) is 11.1 Å². The Morgan fingerprint density at radius 3 is 2.19 bits per heavy atom. The Balaban J connectivity index is 0.000000266. The number of benzene rings is 2. The average molecular weight is 596 g/mol. The molecule has 6 atom stereocenters. The van der Waals surface area contributed by atoms with Crippen LogP contribution >= 0.6 is 46.4 Å². The summed E-state index contributed by atoms with van der Waals surface area (Å²) in [6.45, 7) is 0.364. The highest BCUT2D eigenvalue weighted by molar-refractivity contribution is 6.35. The average Bonchev–Trinajstić information content (AvgIpc) is 3.37. The minimum Gasteiger partial charge on any atom is -0.394 e. The molecular formula is C24H26Cl4N2O7. The van der Waals surface area contributed by atoms with Gasteiger partial charge in [-0.3, -0.25) is 0 Å². The maximum atomic E-state index is 9.12. The highest BCUT2D eigenvalue weighted by Crippen LogP contribution is 2.31. The number of imidazole rings is 1. The van der Waals surface area contributed by atoms with Gasteiger partial charge in [-0.15, -0.1) is 0 Å². The fraction of sp³-hybridized carbons (Fsp3) is 0.375. The molecule has 2 unspecified atom stereocenters. The Labute approximate surface area is 233 Å². The number of halogens is 4. The summed E-state index contributed by atoms with van der Waals surface area (Å²) in [7, 11) is 0. The van der Waals surface area contributed by atoms with Crippen LogP contribution in [-0.2, 0) is 22.6 Å². The van der Waals surface area contributed by atoms with Gasteiger partial charge in [-0.1, -0.05) is 58.5 Å². The number of aliphatic hydroxyl groups is 5. The third kappa shape index (κ3) is 8.26. The summed E-state index contributed by atoms with van der Waals surface area (Å²) in [4.78, 5) is 4.07. The highest BCUT2D eigenvalue weighted by atomic mass is 35.5. The summed E-state index contributed by atoms with van der Waals surface area (Å²) in [5.74, 6) is 0. The summed E-state index contributed by atoms with van der Waals surface area (Å²) in [5.41, 5.74) is 1.71. The van der Waals surface area contributed by atoms with Crippen molar-refractivity contribution >= 4 is 46.4 Å². The molecule has 1 aliphatic heterocycles. The van der Waals surface area contributed by atoms with E-state index in [4.69, 9.17) is 76.7 Å². The van der Waals surface area contributed by atoms with Gasteiger partial charge in [0.2, 0.25) is 0 Å². The van der Waals surface area contributed by atoms with E-state index >= 15 is 0 Å². The number of nitrogens with zero attached hydrogens (tertiary/aromatic N) is 2. The standard InChI is InChI=1S/C18H14Cl4N2O.C6H12O6/c19-13-2-1-12(16(21)7-13)10-25-18(9-24-6-5-23-11-24)15-4-3-14(20)8-17(15)22;7-1-2-3(8)4(9)5(10)6(11)12-2/h1-8,11,18H,9-10H2;2-11H,1H2/t;2-,3-,4+,5-,6?/m.1/s1. The topological polar surface area (TPSA) is 137 Å². The molecule has 37 heavy (non-hydrogen) atoms. The molecule has 202 valence electrons. The maximum Gasteiger partial charge on any atom is 0.184 e. The molecule has 2 aromatic carbocycles. The molecule has 1 aliphatic rings. The lowest BCUT2D eigenvalue weighted by Gasteiger charge is -2.37. The van der Waals surface area contributed by atoms with Crippen molar-refractivity contribution in [3.8, 4) is 0 Å². The lowest BCUT2D eigenvalue weighted by atomic mass is 10.00. The second-order valence-electron chi connectivity index (χ2n) is 8.18. The van der Waals surface area contributed by atoms with Gasteiger partial charge in [-0.05, 0) is 29.8 Å². The Hall–Kier alpha value is -1.47. The second-order valence-corrected chi connectivity index (χ2v) is 9.87. The second kappa shape index (κ2) is 14.1. The molecule has 4 rings (SSSR count). The minimum atomic E-state index is -1.57. The van der Waals surface area contributed by atoms with E-state index in [1.165, 1.54) is 0 Å². The Morgan fingerprint density at radius 1 is 0.919 bits per heavy atom. The molecule has 1 saturated heterocycles. The van der Waals surface area contributed by atoms with Gasteiger partial charge >= 0.3 is 0 Å². The third-order valence-electron chi connectivity index (χ3n) is 5.57. The Kier molecular flexibility index (Phi) is 11.4. The zero-order chi connectivity index (χ0) is 27.1. The van der Waals surface area contributed by atoms with Gasteiger partial charge < -0.3 is 39.6 Å². The largest absolute Gasteiger partial charge is 0.394 e. The van der Waals surface area contributed by atoms with Gasteiger partial charge in [0.05, 0.1) is 26.1 Å². The van der Waals surface area contributed by atoms with Gasteiger partial charge in [0.1, 0.15) is 30.5 Å². The van der Waals surface area contributed by atoms with Crippen LogP contribution in [0.15, 0.2) is 55.1 Å². The van der Waals surface area contributed by atoms with Crippen LogP contribution in [0.4, 0.5) is 0 Å². The van der Waals surface area contributed by atoms with Gasteiger partial charge in [-0.2, -0.15) is 0 Å². The molecule has 0 spiro atoms. The lowest BCUT2D eigenvalue weighted by molar-refractivity contribution is -0.286. The fourth-order valence-corrected chi connectivity index (χ4v) is 4.49. The zero-order valence-electron chi connectivity index (χ0n) is 19.2. The van der Waals surface area contributed by atoms with Crippen LogP contribution in [0.1, 0.15) is 17.2 Å². The van der Waals surface area contributed by atoms with Crippen molar-refractivity contribution in [3.63, 3.8) is 0 Å². The van der Waals surface area contributed by atoms with Gasteiger partial charge in [0, 0.05) is 38.0 Å². The molecule has 13 heteroatoms. The van der Waals surface area contributed by atoms with Crippen LogP contribution in [0, 0.1) is 0 Å². The predicted octanol–water partition coefficient (Wildman–Crippen LogP) is 3.23. The first-order valence-corrected chi connectivity index (χ1v) is 12.6. The maximum absolute atomic E-state index is 9.12. The minimum absolute atomic E-state index is 0.286. The first-order chi connectivity index (χ1) is 17.6. The number of aliphatic hydroxyl groups excluding tert-OH is 5. The molecule has 0 amide bonds. The van der Waals surface area contributed by atoms with Crippen molar-refractivity contribution in [3.05, 3.63) is 86.3 Å². The van der Waals surface area contributed by atoms with Crippen LogP contribution < -0.4 is 0 Å². The fourth-order valence-electron chi connectivity index (χ4n) is 3.50. The summed E-state index contributed by atoms with van der Waals surface area (Å²) in [5, 5.41) is 46.9. The SMILES string of the molecule is Clc1ccc(COC(Cn2ccnc2)c2ccc(Cl)cc2Cl)c(Cl)c1.OC[C@H]1OC(O)[C@H](O)[C@@H](O)[C@@H]1O. The molecule has 1 aromatic heterocycles. The van der Waals surface area contributed by atoms with Crippen LogP contribution in [0.25, 0.3) is 0 Å². The van der Waals surface area contributed by atoms with E-state index in [0.29, 0.717) is 33.2 Å². The summed E-state index contributed by atoms with van der Waals surface area (Å²) in [6.07, 6.45) is -2.01. The molecule has 0 aliphatic carbocycles. The molecule has 2 heterocycles. The van der Waals surface area contributed by atoms with E-state index in [2.05, 4.69) is 9.72 Å². The number of rotatable bonds is 7. The molecule has 1 fully saturated rings. The van der Waals surface area contributed by atoms with Crippen molar-refractivity contribution in [1.29, 1.82) is 0 Å². The summed E-state index contributed by atoms with van der Waals surface area (Å²) < 4.78 is 12.6. The van der Waals surface area contributed by atoms with Crippen molar-refractivity contribution in [2.45, 2.75) is 50.0 Å². The van der Waals surface area contributed by atoms with E-state index in [1.807, 2.05) is 22.9 Å². The Morgan fingerprint density at radius 2 is 1.59 bits per heavy atom. The molecule has 0 saturated carbocycles. The molecular weight excluding hydrogens is 570 g/mol. The smallest absolute Gasteiger partial charge is 0.184 e. The van der Waals surface area contributed by atoms with Crippen molar-refractivity contribution in [1.82, 2.24) is 9.55 Å². The van der Waals surface area contributed by atoms with E-state index < -0.39 is 37.3 Å². The normalized spacial score (nSPS) is 24.3. The van der Waals surface area contributed by atoms with E-state index in [1.54, 1.807) is 36.8 Å². The number of ether oxygens (including phenoxy) is 2. The third-order valence-corrected chi connectivity index (χ3v) is 6.72. The Bertz CT molecular complexity index is 1130. The van der Waals surface area contributed by atoms with Gasteiger partial charge in [0.25, 0.3) is 0 Å². The lowest BCUT2D eigenvalue weighted by Crippen LogP contribution is -2.58. The van der Waals surface area contributed by atoms with Crippen LogP contribution in [0.5, 0.6) is 0 Å². The van der Waals surface area contributed by atoms with Crippen molar-refractivity contribution in [2.24, 2.45) is 0 Å².